The second-order valence-electron chi connectivity index (χ2n) is 8.42. The highest BCUT2D eigenvalue weighted by Crippen LogP contribution is 2.22. The maximum absolute atomic E-state index is 12.9. The number of benzene rings is 2. The van der Waals surface area contributed by atoms with Gasteiger partial charge < -0.3 is 10.1 Å². The van der Waals surface area contributed by atoms with E-state index >= 15 is 0 Å². The molecule has 0 aliphatic heterocycles. The van der Waals surface area contributed by atoms with Gasteiger partial charge in [0.05, 0.1) is 32.1 Å². The predicted octanol–water partition coefficient (Wildman–Crippen LogP) is 2.78. The SMILES string of the molecule is COc1cccc(-c2cc(C(=O)NCCn3ncc4c(=O)n(Cc5ccc(C)cc5)cnc43)[nH]n2)c1. The molecule has 1 amide bonds. The summed E-state index contributed by atoms with van der Waals surface area (Å²) >= 11 is 0. The number of ether oxygens (including phenoxy) is 1. The second kappa shape index (κ2) is 9.87. The number of aromatic nitrogens is 6. The van der Waals surface area contributed by atoms with E-state index in [4.69, 9.17) is 4.74 Å². The molecule has 0 saturated heterocycles. The van der Waals surface area contributed by atoms with Gasteiger partial charge in [-0.05, 0) is 30.7 Å². The third kappa shape index (κ3) is 4.74. The van der Waals surface area contributed by atoms with Crippen LogP contribution in [0.5, 0.6) is 5.75 Å². The molecule has 5 rings (SSSR count). The van der Waals surface area contributed by atoms with Gasteiger partial charge in [0.2, 0.25) is 0 Å². The van der Waals surface area contributed by atoms with Crippen LogP contribution < -0.4 is 15.6 Å². The van der Waals surface area contributed by atoms with Crippen molar-refractivity contribution in [3.8, 4) is 17.0 Å². The molecule has 36 heavy (non-hydrogen) atoms. The lowest BCUT2D eigenvalue weighted by atomic mass is 10.1. The van der Waals surface area contributed by atoms with Crippen LogP contribution >= 0.6 is 0 Å². The molecule has 3 heterocycles. The fourth-order valence-electron chi connectivity index (χ4n) is 3.90. The van der Waals surface area contributed by atoms with E-state index in [2.05, 4.69) is 25.6 Å². The van der Waals surface area contributed by atoms with Crippen molar-refractivity contribution in [3.05, 3.63) is 94.3 Å². The van der Waals surface area contributed by atoms with Gasteiger partial charge in [-0.1, -0.05) is 42.0 Å². The van der Waals surface area contributed by atoms with Crippen LogP contribution in [0.25, 0.3) is 22.3 Å². The van der Waals surface area contributed by atoms with Crippen LogP contribution in [0.15, 0.2) is 71.9 Å². The van der Waals surface area contributed by atoms with Gasteiger partial charge in [-0.15, -0.1) is 0 Å². The summed E-state index contributed by atoms with van der Waals surface area (Å²) < 4.78 is 8.42. The van der Waals surface area contributed by atoms with Crippen LogP contribution in [0.1, 0.15) is 21.6 Å². The average Bonchev–Trinajstić information content (AvgIpc) is 3.55. The van der Waals surface area contributed by atoms with Crippen molar-refractivity contribution in [2.24, 2.45) is 0 Å². The summed E-state index contributed by atoms with van der Waals surface area (Å²) in [5.74, 6) is 0.421. The molecule has 0 bridgehead atoms. The number of nitrogens with zero attached hydrogens (tertiary/aromatic N) is 5. The monoisotopic (exact) mass is 483 g/mol. The van der Waals surface area contributed by atoms with Gasteiger partial charge in [0.1, 0.15) is 23.2 Å². The van der Waals surface area contributed by atoms with E-state index in [-0.39, 0.29) is 11.5 Å². The normalized spacial score (nSPS) is 11.1. The number of H-pyrrole nitrogens is 1. The van der Waals surface area contributed by atoms with E-state index in [1.54, 1.807) is 22.4 Å². The highest BCUT2D eigenvalue weighted by atomic mass is 16.5. The van der Waals surface area contributed by atoms with Crippen LogP contribution in [0.2, 0.25) is 0 Å². The summed E-state index contributed by atoms with van der Waals surface area (Å²) in [6.07, 6.45) is 3.05. The molecule has 0 fully saturated rings. The zero-order chi connectivity index (χ0) is 25.1. The van der Waals surface area contributed by atoms with Gasteiger partial charge in [0.15, 0.2) is 5.65 Å². The van der Waals surface area contributed by atoms with Gasteiger partial charge in [0, 0.05) is 12.1 Å². The lowest BCUT2D eigenvalue weighted by Crippen LogP contribution is -2.28. The van der Waals surface area contributed by atoms with Crippen LogP contribution in [0.3, 0.4) is 0 Å². The minimum absolute atomic E-state index is 0.154. The Labute approximate surface area is 206 Å². The first-order valence-corrected chi connectivity index (χ1v) is 11.5. The van der Waals surface area contributed by atoms with Crippen LogP contribution in [0, 0.1) is 6.92 Å². The third-order valence-corrected chi connectivity index (χ3v) is 5.89. The Morgan fingerprint density at radius 2 is 1.97 bits per heavy atom. The Hall–Kier alpha value is -4.73. The van der Waals surface area contributed by atoms with Crippen molar-refractivity contribution in [1.29, 1.82) is 0 Å². The lowest BCUT2D eigenvalue weighted by molar-refractivity contribution is 0.0947. The van der Waals surface area contributed by atoms with Crippen molar-refractivity contribution in [3.63, 3.8) is 0 Å². The van der Waals surface area contributed by atoms with Crippen molar-refractivity contribution in [2.75, 3.05) is 13.7 Å². The Morgan fingerprint density at radius 1 is 1.14 bits per heavy atom. The quantitative estimate of drug-likeness (QED) is 0.350. The van der Waals surface area contributed by atoms with E-state index in [0.717, 1.165) is 16.7 Å². The minimum atomic E-state index is -0.290. The molecule has 5 aromatic rings. The molecular formula is C26H25N7O3. The molecule has 10 heteroatoms. The first-order valence-electron chi connectivity index (χ1n) is 11.5. The summed E-state index contributed by atoms with van der Waals surface area (Å²) in [7, 11) is 1.60. The predicted molar refractivity (Wildman–Crippen MR) is 135 cm³/mol. The summed E-state index contributed by atoms with van der Waals surface area (Å²) in [6.45, 7) is 3.12. The summed E-state index contributed by atoms with van der Waals surface area (Å²) in [5.41, 5.74) is 4.34. The van der Waals surface area contributed by atoms with E-state index in [0.29, 0.717) is 47.8 Å². The van der Waals surface area contributed by atoms with E-state index in [1.165, 1.54) is 12.5 Å². The van der Waals surface area contributed by atoms with E-state index in [1.807, 2.05) is 55.5 Å². The van der Waals surface area contributed by atoms with Gasteiger partial charge in [-0.3, -0.25) is 19.3 Å². The molecule has 3 aromatic heterocycles. The van der Waals surface area contributed by atoms with Gasteiger partial charge in [-0.25, -0.2) is 9.67 Å². The molecule has 10 nitrogen and oxygen atoms in total. The molecule has 0 aliphatic carbocycles. The zero-order valence-corrected chi connectivity index (χ0v) is 19.9. The number of hydrogen-bond acceptors (Lipinski definition) is 6. The summed E-state index contributed by atoms with van der Waals surface area (Å²) in [6, 6.07) is 17.2. The topological polar surface area (TPSA) is 120 Å². The zero-order valence-electron chi connectivity index (χ0n) is 19.9. The highest BCUT2D eigenvalue weighted by Gasteiger charge is 2.13. The molecular weight excluding hydrogens is 458 g/mol. The van der Waals surface area contributed by atoms with Crippen LogP contribution in [-0.2, 0) is 13.1 Å². The number of amides is 1. The smallest absolute Gasteiger partial charge is 0.269 e. The molecule has 2 N–H and O–H groups in total. The van der Waals surface area contributed by atoms with Crippen LogP contribution in [-0.4, -0.2) is 49.1 Å². The standard InChI is InChI=1S/C26H25N7O3/c1-17-6-8-18(9-7-17)15-32-16-28-24-21(26(32)35)14-29-33(24)11-10-27-25(34)23-13-22(30-31-23)19-4-3-5-20(12-19)36-2/h3-9,12-14,16H,10-11,15H2,1-2H3,(H,27,34)(H,30,31). The lowest BCUT2D eigenvalue weighted by Gasteiger charge is -2.07. The number of fused-ring (bicyclic) bond motifs is 1. The van der Waals surface area contributed by atoms with Crippen molar-refractivity contribution >= 4 is 16.9 Å². The van der Waals surface area contributed by atoms with Crippen molar-refractivity contribution in [2.45, 2.75) is 20.0 Å². The Balaban J connectivity index is 1.23. The van der Waals surface area contributed by atoms with E-state index < -0.39 is 0 Å². The number of methoxy groups -OCH3 is 1. The minimum Gasteiger partial charge on any atom is -0.497 e. The molecule has 0 saturated carbocycles. The third-order valence-electron chi connectivity index (χ3n) is 5.89. The molecule has 0 spiro atoms. The molecule has 0 unspecified atom stereocenters. The summed E-state index contributed by atoms with van der Waals surface area (Å²) in [5, 5.41) is 14.6. The van der Waals surface area contributed by atoms with Crippen molar-refractivity contribution < 1.29 is 9.53 Å². The maximum Gasteiger partial charge on any atom is 0.269 e. The largest absolute Gasteiger partial charge is 0.497 e. The number of aryl methyl sites for hydroxylation is 1. The average molecular weight is 484 g/mol. The molecule has 0 atom stereocenters. The first-order chi connectivity index (χ1) is 17.5. The van der Waals surface area contributed by atoms with E-state index in [9.17, 15) is 9.59 Å². The first kappa shape index (κ1) is 23.0. The fourth-order valence-corrected chi connectivity index (χ4v) is 3.90. The molecule has 2 aromatic carbocycles. The second-order valence-corrected chi connectivity index (χ2v) is 8.42. The summed E-state index contributed by atoms with van der Waals surface area (Å²) in [4.78, 5) is 30.0. The number of aromatic amines is 1. The Kier molecular flexibility index (Phi) is 6.31. The highest BCUT2D eigenvalue weighted by molar-refractivity contribution is 5.93. The molecule has 0 radical (unpaired) electrons. The van der Waals surface area contributed by atoms with Crippen molar-refractivity contribution in [1.82, 2.24) is 34.8 Å². The number of rotatable bonds is 8. The fraction of sp³-hybridized carbons (Fsp3) is 0.192. The number of carbonyl (C=O) groups is 1. The van der Waals surface area contributed by atoms with Crippen LogP contribution in [0.4, 0.5) is 0 Å². The van der Waals surface area contributed by atoms with Gasteiger partial charge in [-0.2, -0.15) is 10.2 Å². The number of hydrogen-bond donors (Lipinski definition) is 2. The number of nitrogens with one attached hydrogen (secondary N) is 2. The number of carbonyl (C=O) groups excluding carboxylic acids is 1. The Morgan fingerprint density at radius 3 is 2.78 bits per heavy atom. The van der Waals surface area contributed by atoms with Gasteiger partial charge in [0.25, 0.3) is 11.5 Å². The molecule has 0 aliphatic rings. The Bertz CT molecular complexity index is 1580. The maximum atomic E-state index is 12.9. The van der Waals surface area contributed by atoms with Gasteiger partial charge >= 0.3 is 0 Å². The molecule has 182 valence electrons.